The van der Waals surface area contributed by atoms with E-state index in [1.165, 1.54) is 0 Å². The Morgan fingerprint density at radius 3 is 2.85 bits per heavy atom. The third kappa shape index (κ3) is 3.56. The molecule has 0 spiro atoms. The van der Waals surface area contributed by atoms with Gasteiger partial charge in [-0.2, -0.15) is 0 Å². The van der Waals surface area contributed by atoms with Gasteiger partial charge in [0.15, 0.2) is 0 Å². The first kappa shape index (κ1) is 15.0. The maximum absolute atomic E-state index is 10.8. The van der Waals surface area contributed by atoms with E-state index in [4.69, 9.17) is 9.84 Å². The predicted octanol–water partition coefficient (Wildman–Crippen LogP) is 0.685. The topological polar surface area (TPSA) is 70.0 Å². The van der Waals surface area contributed by atoms with Crippen LogP contribution in [0.15, 0.2) is 24.3 Å². The molecule has 0 bridgehead atoms. The lowest BCUT2D eigenvalue weighted by atomic mass is 9.91. The highest BCUT2D eigenvalue weighted by Gasteiger charge is 2.37. The highest BCUT2D eigenvalue weighted by Crippen LogP contribution is 2.24. The number of rotatable bonds is 5. The minimum atomic E-state index is -0.852. The predicted molar refractivity (Wildman–Crippen MR) is 74.7 cm³/mol. The van der Waals surface area contributed by atoms with Crippen molar-refractivity contribution in [3.63, 3.8) is 0 Å². The number of carbonyl (C=O) groups is 1. The minimum absolute atomic E-state index is 0.0150. The second-order valence-electron chi connectivity index (χ2n) is 5.40. The Morgan fingerprint density at radius 1 is 1.45 bits per heavy atom. The molecule has 5 heteroatoms. The van der Waals surface area contributed by atoms with E-state index in [9.17, 15) is 9.90 Å². The number of carboxylic acid groups (broad SMARTS) is 1. The van der Waals surface area contributed by atoms with Crippen LogP contribution in [-0.2, 0) is 16.0 Å². The smallest absolute Gasteiger partial charge is 0.317 e. The van der Waals surface area contributed by atoms with E-state index in [2.05, 4.69) is 0 Å². The number of hydrogen-bond acceptors (Lipinski definition) is 4. The third-order valence-electron chi connectivity index (χ3n) is 3.75. The van der Waals surface area contributed by atoms with Crippen molar-refractivity contribution < 1.29 is 19.7 Å². The number of nitrogens with zero attached hydrogens (tertiary/aromatic N) is 1. The fourth-order valence-corrected chi connectivity index (χ4v) is 2.66. The molecule has 0 radical (unpaired) electrons. The van der Waals surface area contributed by atoms with Crippen LogP contribution in [-0.4, -0.2) is 59.5 Å². The van der Waals surface area contributed by atoms with Crippen LogP contribution in [0.3, 0.4) is 0 Å². The Hall–Kier alpha value is -1.43. The number of aliphatic carboxylic acids is 1. The number of aliphatic hydroxyl groups is 1. The lowest BCUT2D eigenvalue weighted by Crippen LogP contribution is -2.56. The van der Waals surface area contributed by atoms with Gasteiger partial charge in [-0.05, 0) is 18.1 Å². The van der Waals surface area contributed by atoms with E-state index < -0.39 is 11.6 Å². The first-order valence-electron chi connectivity index (χ1n) is 6.78. The molecule has 0 aromatic heterocycles. The molecule has 0 aliphatic carbocycles. The average Bonchev–Trinajstić information content (AvgIpc) is 2.41. The number of morpholine rings is 1. The van der Waals surface area contributed by atoms with Gasteiger partial charge < -0.3 is 14.9 Å². The third-order valence-corrected chi connectivity index (χ3v) is 3.75. The van der Waals surface area contributed by atoms with Crippen molar-refractivity contribution in [1.82, 2.24) is 4.90 Å². The summed E-state index contributed by atoms with van der Waals surface area (Å²) in [5, 5.41) is 18.6. The van der Waals surface area contributed by atoms with Gasteiger partial charge in [0.1, 0.15) is 5.60 Å². The van der Waals surface area contributed by atoms with Gasteiger partial charge in [-0.25, -0.2) is 0 Å². The largest absolute Gasteiger partial charge is 0.480 e. The highest BCUT2D eigenvalue weighted by atomic mass is 16.5. The van der Waals surface area contributed by atoms with Crippen molar-refractivity contribution in [2.75, 3.05) is 32.8 Å². The molecule has 1 saturated heterocycles. The monoisotopic (exact) mass is 279 g/mol. The summed E-state index contributed by atoms with van der Waals surface area (Å²) < 4.78 is 5.80. The first-order valence-corrected chi connectivity index (χ1v) is 6.78. The van der Waals surface area contributed by atoms with Crippen LogP contribution in [0.25, 0.3) is 0 Å². The number of aryl methyl sites for hydroxylation is 1. The Labute approximate surface area is 118 Å². The van der Waals surface area contributed by atoms with Crippen LogP contribution in [0.2, 0.25) is 0 Å². The molecule has 2 N–H and O–H groups in total. The molecule has 1 aliphatic rings. The van der Waals surface area contributed by atoms with Gasteiger partial charge in [-0.1, -0.05) is 24.3 Å². The Kier molecular flexibility index (Phi) is 4.75. The normalized spacial score (nSPS) is 23.7. The second kappa shape index (κ2) is 6.35. The zero-order chi connectivity index (χ0) is 14.6. The Morgan fingerprint density at radius 2 is 2.20 bits per heavy atom. The summed E-state index contributed by atoms with van der Waals surface area (Å²) >= 11 is 0. The molecule has 1 unspecified atom stereocenters. The maximum Gasteiger partial charge on any atom is 0.317 e. The molecule has 1 aromatic rings. The van der Waals surface area contributed by atoms with E-state index in [1.54, 1.807) is 0 Å². The van der Waals surface area contributed by atoms with Crippen molar-refractivity contribution in [3.8, 4) is 0 Å². The molecule has 1 heterocycles. The zero-order valence-corrected chi connectivity index (χ0v) is 11.7. The molecule has 2 rings (SSSR count). The van der Waals surface area contributed by atoms with Gasteiger partial charge >= 0.3 is 5.97 Å². The van der Waals surface area contributed by atoms with E-state index in [0.717, 1.165) is 11.1 Å². The van der Waals surface area contributed by atoms with Crippen LogP contribution >= 0.6 is 0 Å². The number of carboxylic acids is 1. The standard InChI is InChI=1S/C15H21NO4/c1-12-4-2-3-5-13(12)8-15(11-17)10-16(6-7-20-15)9-14(18)19/h2-5,17H,6-11H2,1H3,(H,18,19). The summed E-state index contributed by atoms with van der Waals surface area (Å²) in [5.41, 5.74) is 1.57. The molecule has 1 aliphatic heterocycles. The number of benzene rings is 1. The van der Waals surface area contributed by atoms with Crippen LogP contribution in [0, 0.1) is 6.92 Å². The molecule has 1 fully saturated rings. The molecule has 0 amide bonds. The van der Waals surface area contributed by atoms with E-state index >= 15 is 0 Å². The number of hydrogen-bond donors (Lipinski definition) is 2. The summed E-state index contributed by atoms with van der Waals surface area (Å²) in [6, 6.07) is 7.98. The maximum atomic E-state index is 10.8. The van der Waals surface area contributed by atoms with Crippen molar-refractivity contribution in [2.45, 2.75) is 18.9 Å². The van der Waals surface area contributed by atoms with Crippen LogP contribution in [0.4, 0.5) is 0 Å². The quantitative estimate of drug-likeness (QED) is 0.829. The molecule has 5 nitrogen and oxygen atoms in total. The molecule has 1 aromatic carbocycles. The SMILES string of the molecule is Cc1ccccc1CC1(CO)CN(CC(=O)O)CCO1. The molecule has 1 atom stereocenters. The van der Waals surface area contributed by atoms with Gasteiger partial charge in [0.25, 0.3) is 0 Å². The first-order chi connectivity index (χ1) is 9.54. The number of aliphatic hydroxyl groups excluding tert-OH is 1. The number of ether oxygens (including phenoxy) is 1. The molecular weight excluding hydrogens is 258 g/mol. The van der Waals surface area contributed by atoms with Gasteiger partial charge in [0, 0.05) is 19.5 Å². The highest BCUT2D eigenvalue weighted by molar-refractivity contribution is 5.69. The van der Waals surface area contributed by atoms with Crippen molar-refractivity contribution in [2.24, 2.45) is 0 Å². The Bertz CT molecular complexity index is 477. The minimum Gasteiger partial charge on any atom is -0.480 e. The van der Waals surface area contributed by atoms with Gasteiger partial charge in [-0.15, -0.1) is 0 Å². The van der Waals surface area contributed by atoms with Crippen LogP contribution in [0.1, 0.15) is 11.1 Å². The molecule has 110 valence electrons. The lowest BCUT2D eigenvalue weighted by molar-refractivity contribution is -0.150. The van der Waals surface area contributed by atoms with E-state index in [-0.39, 0.29) is 13.2 Å². The van der Waals surface area contributed by atoms with Crippen molar-refractivity contribution >= 4 is 5.97 Å². The Balaban J connectivity index is 2.12. The fourth-order valence-electron chi connectivity index (χ4n) is 2.66. The molecule has 0 saturated carbocycles. The summed E-state index contributed by atoms with van der Waals surface area (Å²) in [5.74, 6) is -0.852. The summed E-state index contributed by atoms with van der Waals surface area (Å²) in [4.78, 5) is 12.7. The summed E-state index contributed by atoms with van der Waals surface area (Å²) in [6.07, 6.45) is 0.590. The van der Waals surface area contributed by atoms with E-state index in [0.29, 0.717) is 26.1 Å². The van der Waals surface area contributed by atoms with Crippen LogP contribution in [0.5, 0.6) is 0 Å². The lowest BCUT2D eigenvalue weighted by Gasteiger charge is -2.41. The van der Waals surface area contributed by atoms with Crippen molar-refractivity contribution in [1.29, 1.82) is 0 Å². The second-order valence-corrected chi connectivity index (χ2v) is 5.40. The van der Waals surface area contributed by atoms with Crippen molar-refractivity contribution in [3.05, 3.63) is 35.4 Å². The zero-order valence-electron chi connectivity index (χ0n) is 11.7. The van der Waals surface area contributed by atoms with Gasteiger partial charge in [0.05, 0.1) is 19.8 Å². The van der Waals surface area contributed by atoms with Gasteiger partial charge in [-0.3, -0.25) is 9.69 Å². The summed E-state index contributed by atoms with van der Waals surface area (Å²) in [6.45, 7) is 3.36. The van der Waals surface area contributed by atoms with Crippen LogP contribution < -0.4 is 0 Å². The molecular formula is C15H21NO4. The summed E-state index contributed by atoms with van der Waals surface area (Å²) in [7, 11) is 0. The average molecular weight is 279 g/mol. The van der Waals surface area contributed by atoms with Gasteiger partial charge in [0.2, 0.25) is 0 Å². The fraction of sp³-hybridized carbons (Fsp3) is 0.533. The van der Waals surface area contributed by atoms with E-state index in [1.807, 2.05) is 36.1 Å². The molecule has 20 heavy (non-hydrogen) atoms.